The largest absolute Gasteiger partial charge is 0.343 e. The van der Waals surface area contributed by atoms with E-state index in [2.05, 4.69) is 27.1 Å². The van der Waals surface area contributed by atoms with E-state index < -0.39 is 0 Å². The molecule has 3 heterocycles. The van der Waals surface area contributed by atoms with E-state index >= 15 is 0 Å². The molecule has 5 rings (SSSR count). The van der Waals surface area contributed by atoms with Crippen LogP contribution in [0.5, 0.6) is 0 Å². The quantitative estimate of drug-likeness (QED) is 0.660. The number of carbonyl (C=O) groups is 1. The van der Waals surface area contributed by atoms with Crippen molar-refractivity contribution in [2.75, 3.05) is 13.1 Å². The summed E-state index contributed by atoms with van der Waals surface area (Å²) in [4.78, 5) is 18.5. The second kappa shape index (κ2) is 7.61. The van der Waals surface area contributed by atoms with Gasteiger partial charge in [0.05, 0.1) is 17.8 Å². The summed E-state index contributed by atoms with van der Waals surface area (Å²) < 4.78 is 7.79. The van der Waals surface area contributed by atoms with Crippen LogP contribution in [0.1, 0.15) is 69.7 Å². The lowest BCUT2D eigenvalue weighted by Gasteiger charge is -2.30. The van der Waals surface area contributed by atoms with Crippen molar-refractivity contribution in [1.29, 1.82) is 0 Å². The summed E-state index contributed by atoms with van der Waals surface area (Å²) >= 11 is 0. The van der Waals surface area contributed by atoms with Crippen LogP contribution in [0.2, 0.25) is 0 Å². The summed E-state index contributed by atoms with van der Waals surface area (Å²) in [5.41, 5.74) is 2.08. The minimum Gasteiger partial charge on any atom is -0.343 e. The number of hydrogen-bond donors (Lipinski definition) is 0. The van der Waals surface area contributed by atoms with E-state index in [9.17, 15) is 4.79 Å². The Labute approximate surface area is 170 Å². The van der Waals surface area contributed by atoms with Crippen LogP contribution in [0.15, 0.2) is 28.9 Å². The van der Waals surface area contributed by atoms with E-state index in [-0.39, 0.29) is 11.8 Å². The Morgan fingerprint density at radius 2 is 1.97 bits per heavy atom. The summed E-state index contributed by atoms with van der Waals surface area (Å²) in [7, 11) is 0. The van der Waals surface area contributed by atoms with Crippen LogP contribution in [-0.2, 0) is 4.79 Å². The normalized spacial score (nSPS) is 18.7. The van der Waals surface area contributed by atoms with E-state index in [4.69, 9.17) is 9.51 Å². The van der Waals surface area contributed by atoms with Gasteiger partial charge in [0.2, 0.25) is 5.91 Å². The first kappa shape index (κ1) is 18.3. The number of benzene rings is 1. The van der Waals surface area contributed by atoms with Crippen molar-refractivity contribution in [2.24, 2.45) is 0 Å². The highest BCUT2D eigenvalue weighted by molar-refractivity contribution is 5.83. The molecule has 0 spiro atoms. The van der Waals surface area contributed by atoms with Crippen LogP contribution in [0, 0.1) is 0 Å². The number of hydrogen-bond acceptors (Lipinski definition) is 5. The zero-order valence-corrected chi connectivity index (χ0v) is 16.9. The molecule has 0 N–H and O–H groups in total. The lowest BCUT2D eigenvalue weighted by molar-refractivity contribution is -0.131. The zero-order valence-electron chi connectivity index (χ0n) is 16.9. The third-order valence-electron chi connectivity index (χ3n) is 6.47. The van der Waals surface area contributed by atoms with Crippen LogP contribution in [-0.4, -0.2) is 43.8 Å². The van der Waals surface area contributed by atoms with Crippen molar-refractivity contribution >= 4 is 16.8 Å². The molecule has 29 heavy (non-hydrogen) atoms. The molecule has 2 aliphatic rings. The highest BCUT2D eigenvalue weighted by Crippen LogP contribution is 2.33. The summed E-state index contributed by atoms with van der Waals surface area (Å²) in [5.74, 6) is 1.80. The fourth-order valence-corrected chi connectivity index (χ4v) is 4.74. The average Bonchev–Trinajstić information content (AvgIpc) is 3.53. The molecule has 152 valence electrons. The molecule has 0 radical (unpaired) electrons. The fourth-order valence-electron chi connectivity index (χ4n) is 4.74. The van der Waals surface area contributed by atoms with Crippen molar-refractivity contribution in [3.05, 3.63) is 30.2 Å². The number of rotatable bonds is 4. The summed E-state index contributed by atoms with van der Waals surface area (Å²) in [6, 6.07) is 6.74. The van der Waals surface area contributed by atoms with Crippen molar-refractivity contribution in [2.45, 2.75) is 63.8 Å². The smallest absolute Gasteiger partial charge is 0.258 e. The predicted molar refractivity (Wildman–Crippen MR) is 109 cm³/mol. The van der Waals surface area contributed by atoms with Gasteiger partial charge < -0.3 is 9.42 Å². The third kappa shape index (κ3) is 3.43. The van der Waals surface area contributed by atoms with Gasteiger partial charge in [0, 0.05) is 36.4 Å². The molecule has 1 aromatic carbocycles. The number of piperidine rings is 1. The van der Waals surface area contributed by atoms with E-state index in [0.717, 1.165) is 48.2 Å². The molecule has 1 amide bonds. The van der Waals surface area contributed by atoms with E-state index in [1.165, 1.54) is 25.7 Å². The second-order valence-electron chi connectivity index (χ2n) is 8.27. The molecule has 7 nitrogen and oxygen atoms in total. The first-order valence-corrected chi connectivity index (χ1v) is 10.8. The fraction of sp³-hybridized carbons (Fsp3) is 0.545. The molecule has 3 aromatic rings. The van der Waals surface area contributed by atoms with Gasteiger partial charge in [-0.2, -0.15) is 10.1 Å². The second-order valence-corrected chi connectivity index (χ2v) is 8.27. The Kier molecular flexibility index (Phi) is 4.81. The SMILES string of the molecule is CCC(=O)N1CCC(c2noc(-c3ccc4cnn(C5CCCC5)c4c3)n2)CC1. The lowest BCUT2D eigenvalue weighted by Crippen LogP contribution is -2.37. The van der Waals surface area contributed by atoms with E-state index in [0.29, 0.717) is 18.4 Å². The Balaban J connectivity index is 1.36. The summed E-state index contributed by atoms with van der Waals surface area (Å²) in [5, 5.41) is 10.0. The Bertz CT molecular complexity index is 1010. The highest BCUT2D eigenvalue weighted by Gasteiger charge is 2.27. The maximum atomic E-state index is 11.9. The Morgan fingerprint density at radius 3 is 2.72 bits per heavy atom. The van der Waals surface area contributed by atoms with Gasteiger partial charge in [0.1, 0.15) is 0 Å². The Morgan fingerprint density at radius 1 is 1.17 bits per heavy atom. The van der Waals surface area contributed by atoms with Crippen LogP contribution in [0.4, 0.5) is 0 Å². The number of aromatic nitrogens is 4. The molecule has 1 aliphatic carbocycles. The molecule has 0 atom stereocenters. The molecule has 0 bridgehead atoms. The lowest BCUT2D eigenvalue weighted by atomic mass is 9.96. The number of fused-ring (bicyclic) bond motifs is 1. The minimum absolute atomic E-state index is 0.226. The number of amides is 1. The standard InChI is InChI=1S/C22H27N5O2/c1-2-20(28)26-11-9-15(10-12-26)21-24-22(29-25-21)16-7-8-17-14-23-27(19(17)13-16)18-5-3-4-6-18/h7-8,13-15,18H,2-6,9-12H2,1H3. The topological polar surface area (TPSA) is 77.0 Å². The average molecular weight is 393 g/mol. The summed E-state index contributed by atoms with van der Waals surface area (Å²) in [6.07, 6.45) is 9.24. The first-order valence-electron chi connectivity index (χ1n) is 10.8. The van der Waals surface area contributed by atoms with Crippen LogP contribution in [0.25, 0.3) is 22.4 Å². The van der Waals surface area contributed by atoms with Gasteiger partial charge in [-0.3, -0.25) is 9.48 Å². The predicted octanol–water partition coefficient (Wildman–Crippen LogP) is 4.32. The molecule has 1 saturated heterocycles. The number of nitrogens with zero attached hydrogens (tertiary/aromatic N) is 5. The highest BCUT2D eigenvalue weighted by atomic mass is 16.5. The minimum atomic E-state index is 0.226. The molecule has 2 fully saturated rings. The molecule has 1 saturated carbocycles. The maximum absolute atomic E-state index is 11.9. The van der Waals surface area contributed by atoms with E-state index in [1.807, 2.05) is 24.1 Å². The molecule has 2 aromatic heterocycles. The molecular weight excluding hydrogens is 366 g/mol. The van der Waals surface area contributed by atoms with E-state index in [1.54, 1.807) is 0 Å². The van der Waals surface area contributed by atoms with Gasteiger partial charge in [-0.15, -0.1) is 0 Å². The maximum Gasteiger partial charge on any atom is 0.258 e. The van der Waals surface area contributed by atoms with Crippen molar-refractivity contribution < 1.29 is 9.32 Å². The van der Waals surface area contributed by atoms with Crippen molar-refractivity contribution in [3.63, 3.8) is 0 Å². The molecule has 0 unspecified atom stereocenters. The van der Waals surface area contributed by atoms with Gasteiger partial charge in [0.25, 0.3) is 5.89 Å². The Hall–Kier alpha value is -2.70. The van der Waals surface area contributed by atoms with Gasteiger partial charge >= 0.3 is 0 Å². The van der Waals surface area contributed by atoms with Gasteiger partial charge in [-0.25, -0.2) is 0 Å². The number of carbonyl (C=O) groups excluding carboxylic acids is 1. The molecule has 7 heteroatoms. The summed E-state index contributed by atoms with van der Waals surface area (Å²) in [6.45, 7) is 3.46. The third-order valence-corrected chi connectivity index (χ3v) is 6.47. The molecular formula is C22H27N5O2. The van der Waals surface area contributed by atoms with Gasteiger partial charge in [-0.05, 0) is 37.8 Å². The monoisotopic (exact) mass is 393 g/mol. The van der Waals surface area contributed by atoms with Gasteiger partial charge in [-0.1, -0.05) is 31.0 Å². The number of likely N-dealkylation sites (tertiary alicyclic amines) is 1. The van der Waals surface area contributed by atoms with Crippen LogP contribution >= 0.6 is 0 Å². The van der Waals surface area contributed by atoms with Crippen molar-refractivity contribution in [3.8, 4) is 11.5 Å². The van der Waals surface area contributed by atoms with Crippen LogP contribution in [0.3, 0.4) is 0 Å². The molecule has 1 aliphatic heterocycles. The zero-order chi connectivity index (χ0) is 19.8. The first-order chi connectivity index (χ1) is 14.2. The van der Waals surface area contributed by atoms with Crippen molar-refractivity contribution in [1.82, 2.24) is 24.8 Å². The van der Waals surface area contributed by atoms with Crippen LogP contribution < -0.4 is 0 Å². The van der Waals surface area contributed by atoms with Gasteiger partial charge in [0.15, 0.2) is 5.82 Å².